The van der Waals surface area contributed by atoms with Gasteiger partial charge in [-0.3, -0.25) is 4.79 Å². The van der Waals surface area contributed by atoms with Gasteiger partial charge in [0, 0.05) is 6.61 Å². The summed E-state index contributed by atoms with van der Waals surface area (Å²) < 4.78 is 10.9. The third-order valence-corrected chi connectivity index (χ3v) is 9.86. The van der Waals surface area contributed by atoms with Crippen molar-refractivity contribution >= 4 is 20.3 Å². The van der Waals surface area contributed by atoms with Crippen molar-refractivity contribution in [1.29, 1.82) is 0 Å². The molecule has 150 valence electrons. The van der Waals surface area contributed by atoms with E-state index in [9.17, 15) is 9.59 Å². The van der Waals surface area contributed by atoms with E-state index >= 15 is 0 Å². The Morgan fingerprint density at radius 1 is 1.15 bits per heavy atom. The predicted octanol–water partition coefficient (Wildman–Crippen LogP) is 5.27. The van der Waals surface area contributed by atoms with E-state index in [4.69, 9.17) is 9.16 Å². The third-order valence-electron chi connectivity index (χ3n) is 5.32. The van der Waals surface area contributed by atoms with Crippen LogP contribution in [0.5, 0.6) is 0 Å². The van der Waals surface area contributed by atoms with Gasteiger partial charge in [0.1, 0.15) is 6.61 Å². The topological polar surface area (TPSA) is 55.8 Å². The van der Waals surface area contributed by atoms with Crippen LogP contribution in [0, 0.1) is 0 Å². The van der Waals surface area contributed by atoms with Crippen LogP contribution in [-0.2, 0) is 14.0 Å². The first-order chi connectivity index (χ1) is 12.1. The lowest BCUT2D eigenvalue weighted by molar-refractivity contribution is -0.122. The Kier molecular flexibility index (Phi) is 9.58. The number of imide groups is 1. The number of amides is 2. The molecule has 0 aliphatic carbocycles. The standard InChI is InChI=1S/C20H37NO4Si/c1-20(2,3)26(4,5)25-16-13-11-9-7-6-8-10-12-14-18(22)21-15-17-24-19(21)23/h12,14H,6-11,13,15-17H2,1-5H3/b14-12-. The molecule has 6 heteroatoms. The lowest BCUT2D eigenvalue weighted by Gasteiger charge is -2.36. The Bertz CT molecular complexity index is 483. The molecule has 5 nitrogen and oxygen atoms in total. The molecule has 1 aliphatic heterocycles. The first-order valence-electron chi connectivity index (χ1n) is 9.94. The molecular weight excluding hydrogens is 346 g/mol. The van der Waals surface area contributed by atoms with E-state index in [1.807, 2.05) is 6.08 Å². The summed E-state index contributed by atoms with van der Waals surface area (Å²) in [5, 5.41) is 0.289. The molecule has 0 saturated carbocycles. The van der Waals surface area contributed by atoms with Gasteiger partial charge < -0.3 is 9.16 Å². The van der Waals surface area contributed by atoms with Crippen molar-refractivity contribution in [2.75, 3.05) is 19.8 Å². The van der Waals surface area contributed by atoms with Crippen molar-refractivity contribution in [3.8, 4) is 0 Å². The number of nitrogens with zero attached hydrogens (tertiary/aromatic N) is 1. The first-order valence-corrected chi connectivity index (χ1v) is 12.8. The van der Waals surface area contributed by atoms with Gasteiger partial charge in [-0.15, -0.1) is 0 Å². The second-order valence-electron chi connectivity index (χ2n) is 8.53. The SMILES string of the molecule is CC(C)(C)[Si](C)(C)OCCCCCCCC/C=C\C(=O)N1CCOC1=O. The van der Waals surface area contributed by atoms with Gasteiger partial charge in [0.2, 0.25) is 0 Å². The lowest BCUT2D eigenvalue weighted by atomic mass is 10.1. The van der Waals surface area contributed by atoms with E-state index in [2.05, 4.69) is 33.9 Å². The van der Waals surface area contributed by atoms with Gasteiger partial charge in [0.25, 0.3) is 5.91 Å². The van der Waals surface area contributed by atoms with Crippen LogP contribution in [0.1, 0.15) is 65.7 Å². The van der Waals surface area contributed by atoms with Crippen molar-refractivity contribution < 1.29 is 18.8 Å². The molecule has 0 spiro atoms. The molecule has 0 aromatic heterocycles. The molecule has 0 unspecified atom stereocenters. The Morgan fingerprint density at radius 2 is 1.77 bits per heavy atom. The molecule has 0 bridgehead atoms. The molecule has 0 atom stereocenters. The molecule has 1 aliphatic rings. The van der Waals surface area contributed by atoms with Crippen molar-refractivity contribution in [2.45, 2.75) is 83.8 Å². The summed E-state index contributed by atoms with van der Waals surface area (Å²) in [5.74, 6) is -0.269. The van der Waals surface area contributed by atoms with Crippen molar-refractivity contribution in [1.82, 2.24) is 4.90 Å². The van der Waals surface area contributed by atoms with Crippen LogP contribution >= 0.6 is 0 Å². The summed E-state index contributed by atoms with van der Waals surface area (Å²) in [6, 6.07) is 0. The molecule has 0 radical (unpaired) electrons. The summed E-state index contributed by atoms with van der Waals surface area (Å²) in [4.78, 5) is 24.1. The molecule has 1 fully saturated rings. The Hall–Kier alpha value is -1.14. The van der Waals surface area contributed by atoms with Crippen LogP contribution in [0.3, 0.4) is 0 Å². The molecule has 2 amide bonds. The number of hydrogen-bond acceptors (Lipinski definition) is 4. The average molecular weight is 384 g/mol. The number of ether oxygens (including phenoxy) is 1. The molecule has 1 rings (SSSR count). The molecule has 0 aromatic rings. The normalized spacial score (nSPS) is 15.7. The van der Waals surface area contributed by atoms with Crippen LogP contribution in [-0.4, -0.2) is 45.0 Å². The smallest absolute Gasteiger partial charge is 0.416 e. The van der Waals surface area contributed by atoms with E-state index in [1.165, 1.54) is 31.8 Å². The molecule has 1 heterocycles. The summed E-state index contributed by atoms with van der Waals surface area (Å²) in [5.41, 5.74) is 0. The van der Waals surface area contributed by atoms with Crippen LogP contribution in [0.2, 0.25) is 18.1 Å². The summed E-state index contributed by atoms with van der Waals surface area (Å²) in [6.07, 6.45) is 10.8. The minimum Gasteiger partial charge on any atom is -0.447 e. The van der Waals surface area contributed by atoms with Crippen molar-refractivity contribution in [2.24, 2.45) is 0 Å². The fourth-order valence-electron chi connectivity index (χ4n) is 2.48. The highest BCUT2D eigenvalue weighted by atomic mass is 28.4. The van der Waals surface area contributed by atoms with Gasteiger partial charge >= 0.3 is 6.09 Å². The zero-order valence-corrected chi connectivity index (χ0v) is 18.3. The number of hydrogen-bond donors (Lipinski definition) is 0. The minimum atomic E-state index is -1.59. The van der Waals surface area contributed by atoms with Crippen molar-refractivity contribution in [3.05, 3.63) is 12.2 Å². The zero-order chi connectivity index (χ0) is 19.6. The van der Waals surface area contributed by atoms with Gasteiger partial charge in [-0.2, -0.15) is 0 Å². The number of carbonyl (C=O) groups is 2. The number of cyclic esters (lactones) is 1. The lowest BCUT2D eigenvalue weighted by Crippen LogP contribution is -2.40. The highest BCUT2D eigenvalue weighted by Crippen LogP contribution is 2.36. The second-order valence-corrected chi connectivity index (χ2v) is 13.3. The van der Waals surface area contributed by atoms with E-state index in [-0.39, 0.29) is 10.9 Å². The first kappa shape index (κ1) is 22.9. The zero-order valence-electron chi connectivity index (χ0n) is 17.3. The monoisotopic (exact) mass is 383 g/mol. The van der Waals surface area contributed by atoms with Crippen LogP contribution < -0.4 is 0 Å². The molecule has 26 heavy (non-hydrogen) atoms. The van der Waals surface area contributed by atoms with Gasteiger partial charge in [-0.1, -0.05) is 52.5 Å². The Balaban J connectivity index is 1.97. The fraction of sp³-hybridized carbons (Fsp3) is 0.800. The van der Waals surface area contributed by atoms with Gasteiger partial charge in [-0.05, 0) is 43.5 Å². The predicted molar refractivity (Wildman–Crippen MR) is 108 cm³/mol. The van der Waals surface area contributed by atoms with Gasteiger partial charge in [0.05, 0.1) is 6.54 Å². The average Bonchev–Trinajstić information content (AvgIpc) is 2.97. The van der Waals surface area contributed by atoms with E-state index < -0.39 is 14.4 Å². The fourth-order valence-corrected chi connectivity index (χ4v) is 3.57. The van der Waals surface area contributed by atoms with Gasteiger partial charge in [-0.25, -0.2) is 9.69 Å². The van der Waals surface area contributed by atoms with E-state index in [0.29, 0.717) is 13.2 Å². The molecule has 0 N–H and O–H groups in total. The summed E-state index contributed by atoms with van der Waals surface area (Å²) in [6.45, 7) is 13.0. The Morgan fingerprint density at radius 3 is 2.35 bits per heavy atom. The maximum Gasteiger partial charge on any atom is 0.416 e. The van der Waals surface area contributed by atoms with Crippen molar-refractivity contribution in [3.63, 3.8) is 0 Å². The number of carbonyl (C=O) groups excluding carboxylic acids is 2. The van der Waals surface area contributed by atoms with Crippen LogP contribution in [0.4, 0.5) is 4.79 Å². The minimum absolute atomic E-state index is 0.269. The summed E-state index contributed by atoms with van der Waals surface area (Å²) in [7, 11) is -1.59. The molecular formula is C20H37NO4Si. The van der Waals surface area contributed by atoms with Gasteiger partial charge in [0.15, 0.2) is 8.32 Å². The maximum atomic E-state index is 11.8. The number of rotatable bonds is 11. The number of allylic oxidation sites excluding steroid dienone is 1. The Labute approximate surface area is 160 Å². The van der Waals surface area contributed by atoms with Crippen LogP contribution in [0.25, 0.3) is 0 Å². The highest BCUT2D eigenvalue weighted by Gasteiger charge is 2.36. The molecule has 0 aromatic carbocycles. The van der Waals surface area contributed by atoms with E-state index in [0.717, 1.165) is 30.8 Å². The number of unbranched alkanes of at least 4 members (excludes halogenated alkanes) is 6. The third kappa shape index (κ3) is 8.04. The summed E-state index contributed by atoms with van der Waals surface area (Å²) >= 11 is 0. The maximum absolute atomic E-state index is 11.8. The quantitative estimate of drug-likeness (QED) is 0.277. The largest absolute Gasteiger partial charge is 0.447 e. The van der Waals surface area contributed by atoms with E-state index in [1.54, 1.807) is 0 Å². The van der Waals surface area contributed by atoms with Crippen LogP contribution in [0.15, 0.2) is 12.2 Å². The molecule has 1 saturated heterocycles. The second kappa shape index (κ2) is 10.9. The highest BCUT2D eigenvalue weighted by molar-refractivity contribution is 6.74.